The van der Waals surface area contributed by atoms with E-state index in [1.807, 2.05) is 18.2 Å². The maximum Gasteiger partial charge on any atom is 0.217 e. The molecule has 0 aliphatic carbocycles. The third kappa shape index (κ3) is 3.05. The standard InChI is InChI=1S/C13H20N4O/c1-10(18)16-11-5-7-17(9-11)13(8-14)12-4-2-3-6-15-12/h2-4,6,11,13H,5,7-9,14H2,1H3,(H,16,18). The highest BCUT2D eigenvalue weighted by Crippen LogP contribution is 2.22. The molecule has 1 aromatic rings. The van der Waals surface area contributed by atoms with Crippen LogP contribution in [-0.2, 0) is 4.79 Å². The van der Waals surface area contributed by atoms with Crippen LogP contribution in [0.2, 0.25) is 0 Å². The van der Waals surface area contributed by atoms with Crippen LogP contribution in [-0.4, -0.2) is 41.5 Å². The summed E-state index contributed by atoms with van der Waals surface area (Å²) in [6, 6.07) is 6.27. The maximum absolute atomic E-state index is 11.0. The molecule has 5 heteroatoms. The molecule has 2 heterocycles. The summed E-state index contributed by atoms with van der Waals surface area (Å²) in [5, 5.41) is 2.96. The summed E-state index contributed by atoms with van der Waals surface area (Å²) in [6.07, 6.45) is 2.77. The van der Waals surface area contributed by atoms with Crippen molar-refractivity contribution in [2.45, 2.75) is 25.4 Å². The van der Waals surface area contributed by atoms with Crippen LogP contribution in [0.5, 0.6) is 0 Å². The third-order valence-corrected chi connectivity index (χ3v) is 3.32. The Morgan fingerprint density at radius 2 is 2.50 bits per heavy atom. The largest absolute Gasteiger partial charge is 0.352 e. The molecule has 1 aromatic heterocycles. The highest BCUT2D eigenvalue weighted by molar-refractivity contribution is 5.73. The smallest absolute Gasteiger partial charge is 0.217 e. The Kier molecular flexibility index (Phi) is 4.28. The summed E-state index contributed by atoms with van der Waals surface area (Å²) in [6.45, 7) is 3.90. The van der Waals surface area contributed by atoms with E-state index in [0.29, 0.717) is 6.54 Å². The van der Waals surface area contributed by atoms with Gasteiger partial charge in [0.25, 0.3) is 0 Å². The molecule has 2 unspecified atom stereocenters. The van der Waals surface area contributed by atoms with E-state index in [4.69, 9.17) is 5.73 Å². The van der Waals surface area contributed by atoms with Crippen LogP contribution in [0, 0.1) is 0 Å². The van der Waals surface area contributed by atoms with Crippen molar-refractivity contribution in [3.63, 3.8) is 0 Å². The van der Waals surface area contributed by atoms with Gasteiger partial charge in [-0.3, -0.25) is 14.7 Å². The molecule has 18 heavy (non-hydrogen) atoms. The molecule has 2 rings (SSSR count). The number of carbonyl (C=O) groups excluding carboxylic acids is 1. The van der Waals surface area contributed by atoms with Gasteiger partial charge in [0.1, 0.15) is 0 Å². The van der Waals surface area contributed by atoms with E-state index in [-0.39, 0.29) is 18.0 Å². The van der Waals surface area contributed by atoms with Crippen molar-refractivity contribution in [3.05, 3.63) is 30.1 Å². The van der Waals surface area contributed by atoms with Crippen LogP contribution >= 0.6 is 0 Å². The zero-order chi connectivity index (χ0) is 13.0. The number of likely N-dealkylation sites (tertiary alicyclic amines) is 1. The number of nitrogens with zero attached hydrogens (tertiary/aromatic N) is 2. The number of carbonyl (C=O) groups is 1. The van der Waals surface area contributed by atoms with E-state index in [2.05, 4.69) is 15.2 Å². The number of rotatable bonds is 4. The Morgan fingerprint density at radius 1 is 1.67 bits per heavy atom. The first-order valence-corrected chi connectivity index (χ1v) is 6.33. The Bertz CT molecular complexity index is 395. The van der Waals surface area contributed by atoms with E-state index in [9.17, 15) is 4.79 Å². The van der Waals surface area contributed by atoms with E-state index >= 15 is 0 Å². The first-order chi connectivity index (χ1) is 8.70. The average molecular weight is 248 g/mol. The van der Waals surface area contributed by atoms with Gasteiger partial charge in [-0.05, 0) is 18.6 Å². The van der Waals surface area contributed by atoms with Gasteiger partial charge in [-0.15, -0.1) is 0 Å². The number of hydrogen-bond acceptors (Lipinski definition) is 4. The van der Waals surface area contributed by atoms with Crippen LogP contribution < -0.4 is 11.1 Å². The fourth-order valence-electron chi connectivity index (χ4n) is 2.51. The van der Waals surface area contributed by atoms with Crippen LogP contribution in [0.25, 0.3) is 0 Å². The van der Waals surface area contributed by atoms with Crippen molar-refractivity contribution >= 4 is 5.91 Å². The number of pyridine rings is 1. The van der Waals surface area contributed by atoms with Crippen molar-refractivity contribution < 1.29 is 4.79 Å². The van der Waals surface area contributed by atoms with Gasteiger partial charge in [0, 0.05) is 38.8 Å². The van der Waals surface area contributed by atoms with Crippen molar-refractivity contribution in [3.8, 4) is 0 Å². The quantitative estimate of drug-likeness (QED) is 0.803. The van der Waals surface area contributed by atoms with Gasteiger partial charge >= 0.3 is 0 Å². The van der Waals surface area contributed by atoms with Gasteiger partial charge in [0.05, 0.1) is 11.7 Å². The molecule has 2 atom stereocenters. The lowest BCUT2D eigenvalue weighted by Gasteiger charge is -2.26. The molecular formula is C13H20N4O. The summed E-state index contributed by atoms with van der Waals surface area (Å²) in [7, 11) is 0. The fourth-order valence-corrected chi connectivity index (χ4v) is 2.51. The van der Waals surface area contributed by atoms with Gasteiger partial charge in [0.15, 0.2) is 0 Å². The molecule has 1 fully saturated rings. The molecule has 0 radical (unpaired) electrons. The summed E-state index contributed by atoms with van der Waals surface area (Å²) >= 11 is 0. The molecule has 98 valence electrons. The second kappa shape index (κ2) is 5.93. The van der Waals surface area contributed by atoms with Gasteiger partial charge in [0.2, 0.25) is 5.91 Å². The molecule has 3 N–H and O–H groups in total. The van der Waals surface area contributed by atoms with Crippen molar-refractivity contribution in [2.75, 3.05) is 19.6 Å². The molecule has 1 aliphatic rings. The molecule has 0 spiro atoms. The molecule has 1 amide bonds. The van der Waals surface area contributed by atoms with Crippen LogP contribution in [0.15, 0.2) is 24.4 Å². The van der Waals surface area contributed by atoms with Gasteiger partial charge < -0.3 is 11.1 Å². The van der Waals surface area contributed by atoms with Crippen molar-refractivity contribution in [1.29, 1.82) is 0 Å². The number of aromatic nitrogens is 1. The van der Waals surface area contributed by atoms with Crippen molar-refractivity contribution in [1.82, 2.24) is 15.2 Å². The van der Waals surface area contributed by atoms with Gasteiger partial charge in [-0.2, -0.15) is 0 Å². The molecule has 1 aliphatic heterocycles. The van der Waals surface area contributed by atoms with E-state index < -0.39 is 0 Å². The summed E-state index contributed by atoms with van der Waals surface area (Å²) in [4.78, 5) is 17.7. The second-order valence-corrected chi connectivity index (χ2v) is 4.69. The van der Waals surface area contributed by atoms with Crippen LogP contribution in [0.3, 0.4) is 0 Å². The molecule has 5 nitrogen and oxygen atoms in total. The topological polar surface area (TPSA) is 71.2 Å². The number of hydrogen-bond donors (Lipinski definition) is 2. The Morgan fingerprint density at radius 3 is 3.11 bits per heavy atom. The summed E-state index contributed by atoms with van der Waals surface area (Å²) in [5.74, 6) is 0.0315. The van der Waals surface area contributed by atoms with E-state index in [1.165, 1.54) is 0 Å². The number of nitrogens with one attached hydrogen (secondary N) is 1. The monoisotopic (exact) mass is 248 g/mol. The minimum Gasteiger partial charge on any atom is -0.352 e. The lowest BCUT2D eigenvalue weighted by molar-refractivity contribution is -0.119. The predicted molar refractivity (Wildman–Crippen MR) is 69.8 cm³/mol. The SMILES string of the molecule is CC(=O)NC1CCN(C(CN)c2ccccn2)C1. The minimum atomic E-state index is 0.0315. The van der Waals surface area contributed by atoms with Crippen LogP contribution in [0.1, 0.15) is 25.1 Å². The molecule has 0 bridgehead atoms. The molecule has 1 saturated heterocycles. The Hall–Kier alpha value is -1.46. The lowest BCUT2D eigenvalue weighted by Crippen LogP contribution is -2.38. The Balaban J connectivity index is 2.00. The van der Waals surface area contributed by atoms with Crippen LogP contribution in [0.4, 0.5) is 0 Å². The summed E-state index contributed by atoms with van der Waals surface area (Å²) in [5.41, 5.74) is 6.87. The number of nitrogens with two attached hydrogens (primary N) is 1. The normalized spacial score (nSPS) is 21.8. The third-order valence-electron chi connectivity index (χ3n) is 3.32. The molecule has 0 aromatic carbocycles. The minimum absolute atomic E-state index is 0.0315. The average Bonchev–Trinajstić information content (AvgIpc) is 2.79. The summed E-state index contributed by atoms with van der Waals surface area (Å²) < 4.78 is 0. The van der Waals surface area contributed by atoms with Gasteiger partial charge in [-0.25, -0.2) is 0 Å². The zero-order valence-corrected chi connectivity index (χ0v) is 10.7. The number of amides is 1. The zero-order valence-electron chi connectivity index (χ0n) is 10.7. The second-order valence-electron chi connectivity index (χ2n) is 4.69. The first-order valence-electron chi connectivity index (χ1n) is 6.33. The van der Waals surface area contributed by atoms with Crippen molar-refractivity contribution in [2.24, 2.45) is 5.73 Å². The molecule has 0 saturated carbocycles. The van der Waals surface area contributed by atoms with E-state index in [1.54, 1.807) is 13.1 Å². The van der Waals surface area contributed by atoms with Gasteiger partial charge in [-0.1, -0.05) is 6.07 Å². The predicted octanol–water partition coefficient (Wildman–Crippen LogP) is 0.292. The Labute approximate surface area is 107 Å². The van der Waals surface area contributed by atoms with E-state index in [0.717, 1.165) is 25.2 Å². The highest BCUT2D eigenvalue weighted by Gasteiger charge is 2.29. The maximum atomic E-state index is 11.0. The highest BCUT2D eigenvalue weighted by atomic mass is 16.1. The fraction of sp³-hybridized carbons (Fsp3) is 0.538. The lowest BCUT2D eigenvalue weighted by atomic mass is 10.1. The first kappa shape index (κ1) is 13.0. The molecular weight excluding hydrogens is 228 g/mol.